The maximum atomic E-state index is 9.10. The number of carbonyl (C=O) groups is 2. The standard InChI is InChI=1S/C24H27N3OS.C2H2O4/c1-28-21-4-2-18(3-5-21)6-12-26-13-7-19(8-14-26)22-23-20(10-17-29-23)9-15-27-16-11-25-24(22)27;3-1(4)2(5)6/h2-5,10-11,16-17H,6-9,12-15H2,1H3;(H,3,4)(H,5,6). The highest BCUT2D eigenvalue weighted by molar-refractivity contribution is 7.11. The molecule has 8 nitrogen and oxygen atoms in total. The van der Waals surface area contributed by atoms with Gasteiger partial charge in [-0.3, -0.25) is 0 Å². The Bertz CT molecular complexity index is 1150. The number of rotatable bonds is 4. The van der Waals surface area contributed by atoms with E-state index in [1.807, 2.05) is 17.5 Å². The number of carboxylic acid groups (broad SMARTS) is 2. The summed E-state index contributed by atoms with van der Waals surface area (Å²) in [5.74, 6) is -1.55. The van der Waals surface area contributed by atoms with E-state index in [4.69, 9.17) is 29.5 Å². The topological polar surface area (TPSA) is 105 Å². The monoisotopic (exact) mass is 495 g/mol. The molecule has 2 N–H and O–H groups in total. The number of aryl methyl sites for hydroxylation is 2. The molecule has 0 amide bonds. The second-order valence-electron chi connectivity index (χ2n) is 8.50. The fourth-order valence-corrected chi connectivity index (χ4v) is 5.55. The lowest BCUT2D eigenvalue weighted by Gasteiger charge is -2.29. The lowest BCUT2D eigenvalue weighted by molar-refractivity contribution is -0.159. The van der Waals surface area contributed by atoms with Crippen LogP contribution in [-0.4, -0.2) is 63.3 Å². The zero-order valence-electron chi connectivity index (χ0n) is 19.6. The molecule has 0 saturated carbocycles. The van der Waals surface area contributed by atoms with Gasteiger partial charge in [-0.2, -0.15) is 0 Å². The summed E-state index contributed by atoms with van der Waals surface area (Å²) in [6.45, 7) is 4.42. The van der Waals surface area contributed by atoms with Gasteiger partial charge in [0.15, 0.2) is 0 Å². The van der Waals surface area contributed by atoms with Crippen LogP contribution in [-0.2, 0) is 29.0 Å². The largest absolute Gasteiger partial charge is 0.497 e. The minimum absolute atomic E-state index is 0.928. The quantitative estimate of drug-likeness (QED) is 0.531. The van der Waals surface area contributed by atoms with Crippen LogP contribution in [0.4, 0.5) is 0 Å². The number of likely N-dealkylation sites (tertiary alicyclic amines) is 1. The summed E-state index contributed by atoms with van der Waals surface area (Å²) in [6.07, 6.45) is 8.57. The van der Waals surface area contributed by atoms with Gasteiger partial charge in [0.05, 0.1) is 7.11 Å². The molecular formula is C26H29N3O5S. The first-order chi connectivity index (χ1) is 17.0. The molecule has 2 aliphatic heterocycles. The average molecular weight is 496 g/mol. The number of thiophene rings is 1. The molecule has 3 aromatic rings. The Hall–Kier alpha value is -3.43. The van der Waals surface area contributed by atoms with Crippen LogP contribution in [0.3, 0.4) is 0 Å². The van der Waals surface area contributed by atoms with E-state index in [1.165, 1.54) is 27.4 Å². The minimum atomic E-state index is -1.82. The van der Waals surface area contributed by atoms with Gasteiger partial charge in [-0.05, 0) is 60.4 Å². The van der Waals surface area contributed by atoms with Crippen LogP contribution in [0.15, 0.2) is 53.7 Å². The Morgan fingerprint density at radius 3 is 2.40 bits per heavy atom. The Morgan fingerprint density at radius 1 is 1.03 bits per heavy atom. The second kappa shape index (κ2) is 11.3. The highest BCUT2D eigenvalue weighted by Crippen LogP contribution is 2.38. The van der Waals surface area contributed by atoms with Crippen LogP contribution in [0.1, 0.15) is 34.7 Å². The van der Waals surface area contributed by atoms with E-state index >= 15 is 0 Å². The van der Waals surface area contributed by atoms with Crippen molar-refractivity contribution in [2.75, 3.05) is 26.7 Å². The number of aromatic nitrogens is 2. The molecule has 0 bridgehead atoms. The van der Waals surface area contributed by atoms with Crippen molar-refractivity contribution in [1.29, 1.82) is 0 Å². The van der Waals surface area contributed by atoms with Gasteiger partial charge < -0.3 is 24.4 Å². The first kappa shape index (κ1) is 24.7. The Morgan fingerprint density at radius 2 is 1.74 bits per heavy atom. The molecule has 0 unspecified atom stereocenters. The molecule has 0 radical (unpaired) electrons. The Balaban J connectivity index is 0.000000431. The highest BCUT2D eigenvalue weighted by atomic mass is 32.1. The van der Waals surface area contributed by atoms with Crippen molar-refractivity contribution in [1.82, 2.24) is 14.5 Å². The van der Waals surface area contributed by atoms with Crippen molar-refractivity contribution in [3.8, 4) is 5.75 Å². The maximum absolute atomic E-state index is 9.10. The van der Waals surface area contributed by atoms with E-state index in [1.54, 1.807) is 12.7 Å². The molecule has 4 heterocycles. The van der Waals surface area contributed by atoms with Gasteiger partial charge in [0.2, 0.25) is 0 Å². The molecule has 0 atom stereocenters. The van der Waals surface area contributed by atoms with Crippen LogP contribution in [0, 0.1) is 0 Å². The average Bonchev–Trinajstić information content (AvgIpc) is 3.50. The van der Waals surface area contributed by atoms with E-state index in [9.17, 15) is 0 Å². The molecule has 0 spiro atoms. The molecule has 1 saturated heterocycles. The number of ether oxygens (including phenoxy) is 1. The van der Waals surface area contributed by atoms with Gasteiger partial charge in [0.25, 0.3) is 0 Å². The summed E-state index contributed by atoms with van der Waals surface area (Å²) >= 11 is 1.88. The summed E-state index contributed by atoms with van der Waals surface area (Å²) in [4.78, 5) is 27.0. The predicted molar refractivity (Wildman–Crippen MR) is 134 cm³/mol. The SMILES string of the molecule is COc1ccc(CCN2CCC(=C3c4sccc4CCn4ccnc43)CC2)cc1.O=C(O)C(=O)O. The third-order valence-corrected chi connectivity index (χ3v) is 7.38. The normalized spacial score (nSPS) is 15.3. The molecule has 1 fully saturated rings. The Kier molecular flexibility index (Phi) is 7.99. The van der Waals surface area contributed by atoms with Crippen LogP contribution < -0.4 is 4.74 Å². The van der Waals surface area contributed by atoms with Crippen molar-refractivity contribution in [2.24, 2.45) is 0 Å². The number of carboxylic acids is 2. The lowest BCUT2D eigenvalue weighted by Crippen LogP contribution is -2.32. The van der Waals surface area contributed by atoms with Crippen molar-refractivity contribution in [3.05, 3.63) is 75.5 Å². The third kappa shape index (κ3) is 5.98. The molecular weight excluding hydrogens is 466 g/mol. The van der Waals surface area contributed by atoms with E-state index < -0.39 is 11.9 Å². The van der Waals surface area contributed by atoms with Crippen molar-refractivity contribution < 1.29 is 24.5 Å². The molecule has 9 heteroatoms. The zero-order chi connectivity index (χ0) is 24.8. The number of benzene rings is 1. The summed E-state index contributed by atoms with van der Waals surface area (Å²) in [6, 6.07) is 10.8. The van der Waals surface area contributed by atoms with Crippen molar-refractivity contribution in [3.63, 3.8) is 0 Å². The van der Waals surface area contributed by atoms with Gasteiger partial charge >= 0.3 is 11.9 Å². The summed E-state index contributed by atoms with van der Waals surface area (Å²) in [5, 5.41) is 17.0. The number of fused-ring (bicyclic) bond motifs is 2. The molecule has 0 aliphatic carbocycles. The van der Waals surface area contributed by atoms with E-state index in [-0.39, 0.29) is 0 Å². The number of nitrogens with zero attached hydrogens (tertiary/aromatic N) is 3. The molecule has 2 aliphatic rings. The van der Waals surface area contributed by atoms with E-state index in [0.29, 0.717) is 0 Å². The maximum Gasteiger partial charge on any atom is 0.414 e. The van der Waals surface area contributed by atoms with E-state index in [2.05, 4.69) is 51.4 Å². The smallest absolute Gasteiger partial charge is 0.414 e. The van der Waals surface area contributed by atoms with Gasteiger partial charge in [-0.1, -0.05) is 17.7 Å². The number of imidazole rings is 1. The van der Waals surface area contributed by atoms with Gasteiger partial charge in [0, 0.05) is 49.0 Å². The van der Waals surface area contributed by atoms with Crippen LogP contribution in [0.25, 0.3) is 5.57 Å². The summed E-state index contributed by atoms with van der Waals surface area (Å²) in [5.41, 5.74) is 5.88. The first-order valence-electron chi connectivity index (χ1n) is 11.6. The van der Waals surface area contributed by atoms with Crippen molar-refractivity contribution in [2.45, 2.75) is 32.2 Å². The molecule has 1 aromatic carbocycles. The van der Waals surface area contributed by atoms with Crippen LogP contribution in [0.2, 0.25) is 0 Å². The molecule has 2 aromatic heterocycles. The van der Waals surface area contributed by atoms with E-state index in [0.717, 1.165) is 57.6 Å². The minimum Gasteiger partial charge on any atom is -0.497 e. The number of hydrogen-bond donors (Lipinski definition) is 2. The summed E-state index contributed by atoms with van der Waals surface area (Å²) < 4.78 is 7.60. The number of hydrogen-bond acceptors (Lipinski definition) is 6. The van der Waals surface area contributed by atoms with Gasteiger partial charge in [0.1, 0.15) is 11.6 Å². The molecule has 5 rings (SSSR count). The van der Waals surface area contributed by atoms with Crippen LogP contribution in [0.5, 0.6) is 5.75 Å². The lowest BCUT2D eigenvalue weighted by atomic mass is 9.94. The molecule has 184 valence electrons. The van der Waals surface area contributed by atoms with Gasteiger partial charge in [-0.25, -0.2) is 14.6 Å². The third-order valence-electron chi connectivity index (χ3n) is 6.41. The second-order valence-corrected chi connectivity index (χ2v) is 9.41. The van der Waals surface area contributed by atoms with Crippen molar-refractivity contribution >= 4 is 28.8 Å². The number of piperidine rings is 1. The fraction of sp³-hybridized carbons (Fsp3) is 0.346. The summed E-state index contributed by atoms with van der Waals surface area (Å²) in [7, 11) is 1.72. The fourth-order valence-electron chi connectivity index (χ4n) is 4.51. The Labute approximate surface area is 208 Å². The predicted octanol–water partition coefficient (Wildman–Crippen LogP) is 3.81. The molecule has 35 heavy (non-hydrogen) atoms. The first-order valence-corrected chi connectivity index (χ1v) is 12.5. The van der Waals surface area contributed by atoms with Gasteiger partial charge in [-0.15, -0.1) is 11.3 Å². The number of aliphatic carboxylic acids is 2. The zero-order valence-corrected chi connectivity index (χ0v) is 20.5. The van der Waals surface area contributed by atoms with Crippen LogP contribution >= 0.6 is 11.3 Å². The number of methoxy groups -OCH3 is 1. The highest BCUT2D eigenvalue weighted by Gasteiger charge is 2.25.